The number of hydrogen-bond donors (Lipinski definition) is 4. The summed E-state index contributed by atoms with van der Waals surface area (Å²) in [5.74, 6) is 10.4. The first-order valence-corrected chi connectivity index (χ1v) is 12.0. The topological polar surface area (TPSA) is 128 Å². The first-order valence-electron chi connectivity index (χ1n) is 12.0. The van der Waals surface area contributed by atoms with Crippen LogP contribution in [0.3, 0.4) is 0 Å². The molecule has 1 fully saturated rings. The molecule has 2 amide bonds. The fourth-order valence-electron chi connectivity index (χ4n) is 3.58. The van der Waals surface area contributed by atoms with Gasteiger partial charge in [0.2, 0.25) is 5.91 Å². The van der Waals surface area contributed by atoms with Crippen molar-refractivity contribution in [3.05, 3.63) is 65.2 Å². The molecule has 37 heavy (non-hydrogen) atoms. The van der Waals surface area contributed by atoms with Crippen molar-refractivity contribution in [1.29, 1.82) is 0 Å². The van der Waals surface area contributed by atoms with Crippen LogP contribution in [0.1, 0.15) is 21.5 Å². The van der Waals surface area contributed by atoms with Crippen LogP contribution in [0.25, 0.3) is 0 Å². The van der Waals surface area contributed by atoms with Gasteiger partial charge >= 0.3 is 0 Å². The van der Waals surface area contributed by atoms with Crippen molar-refractivity contribution in [2.45, 2.75) is 6.04 Å². The van der Waals surface area contributed by atoms with Crippen molar-refractivity contribution in [2.24, 2.45) is 5.73 Å². The summed E-state index contributed by atoms with van der Waals surface area (Å²) in [4.78, 5) is 40.5. The van der Waals surface area contributed by atoms with Crippen LogP contribution < -0.4 is 16.4 Å². The molecule has 192 valence electrons. The Morgan fingerprint density at radius 2 is 1.51 bits per heavy atom. The molecule has 9 heteroatoms. The Kier molecular flexibility index (Phi) is 10.4. The number of nitrogens with two attached hydrogens (primary N) is 1. The molecule has 0 aliphatic carbocycles. The van der Waals surface area contributed by atoms with Crippen molar-refractivity contribution < 1.29 is 19.5 Å². The van der Waals surface area contributed by atoms with Crippen molar-refractivity contribution in [3.8, 4) is 23.7 Å². The van der Waals surface area contributed by atoms with Crippen LogP contribution in [0.5, 0.6) is 0 Å². The number of nitrogens with zero attached hydrogens (tertiary/aromatic N) is 2. The zero-order valence-corrected chi connectivity index (χ0v) is 20.8. The van der Waals surface area contributed by atoms with Gasteiger partial charge in [-0.1, -0.05) is 11.8 Å². The number of ketones is 1. The zero-order valence-electron chi connectivity index (χ0n) is 20.8. The molecule has 1 heterocycles. The van der Waals surface area contributed by atoms with Gasteiger partial charge in [-0.2, -0.15) is 0 Å². The van der Waals surface area contributed by atoms with Gasteiger partial charge in [-0.25, -0.2) is 0 Å². The minimum Gasteiger partial charge on any atom is -0.388 e. The fraction of sp³-hybridized carbons (Fsp3) is 0.321. The van der Waals surface area contributed by atoms with Gasteiger partial charge in [0.05, 0.1) is 6.54 Å². The molecule has 3 rings (SSSR count). The van der Waals surface area contributed by atoms with Gasteiger partial charge in [0.15, 0.2) is 5.78 Å². The number of aliphatic hydroxyl groups is 1. The largest absolute Gasteiger partial charge is 0.388 e. The number of benzene rings is 2. The predicted octanol–water partition coefficient (Wildman–Crippen LogP) is -0.106. The number of anilines is 1. The number of amides is 2. The van der Waals surface area contributed by atoms with Gasteiger partial charge in [0.1, 0.15) is 12.6 Å². The maximum atomic E-state index is 12.3. The Bertz CT molecular complexity index is 1210. The number of hydrogen-bond acceptors (Lipinski definition) is 7. The minimum absolute atomic E-state index is 0.0319. The molecule has 9 nitrogen and oxygen atoms in total. The summed E-state index contributed by atoms with van der Waals surface area (Å²) < 4.78 is 0. The monoisotopic (exact) mass is 501 g/mol. The molecule has 0 bridgehead atoms. The van der Waals surface area contributed by atoms with E-state index in [0.29, 0.717) is 17.7 Å². The predicted molar refractivity (Wildman–Crippen MR) is 142 cm³/mol. The molecular weight excluding hydrogens is 470 g/mol. The summed E-state index contributed by atoms with van der Waals surface area (Å²) >= 11 is 0. The normalized spacial score (nSPS) is 14.4. The number of carbonyl (C=O) groups excluding carboxylic acids is 3. The molecule has 2 aromatic carbocycles. The summed E-state index contributed by atoms with van der Waals surface area (Å²) in [6.07, 6.45) is 0. The highest BCUT2D eigenvalue weighted by Gasteiger charge is 2.19. The lowest BCUT2D eigenvalue weighted by atomic mass is 10.1. The highest BCUT2D eigenvalue weighted by atomic mass is 16.3. The quantitative estimate of drug-likeness (QED) is 0.372. The number of aliphatic hydroxyl groups excluding tert-OH is 1. The third kappa shape index (κ3) is 8.87. The number of likely N-dealkylation sites (N-methyl/N-ethyl adjacent to an activating group) is 1. The zero-order chi connectivity index (χ0) is 26.6. The molecule has 0 saturated carbocycles. The van der Waals surface area contributed by atoms with Crippen LogP contribution in [0, 0.1) is 23.7 Å². The molecule has 1 aliphatic heterocycles. The maximum Gasteiger partial charge on any atom is 0.251 e. The van der Waals surface area contributed by atoms with E-state index in [9.17, 15) is 14.4 Å². The Labute approximate surface area is 217 Å². The number of Topliss-reactive ketones (excluding diaryl/α,β-unsaturated/α-hetero) is 1. The first-order chi connectivity index (χ1) is 17.9. The summed E-state index contributed by atoms with van der Waals surface area (Å²) in [7, 11) is 2.08. The van der Waals surface area contributed by atoms with Gasteiger partial charge in [-0.15, -0.1) is 0 Å². The second-order valence-corrected chi connectivity index (χ2v) is 8.67. The number of carbonyl (C=O) groups is 3. The third-order valence-electron chi connectivity index (χ3n) is 5.84. The Hall–Kier alpha value is -3.99. The fourth-order valence-corrected chi connectivity index (χ4v) is 3.58. The highest BCUT2D eigenvalue weighted by Crippen LogP contribution is 2.09. The average Bonchev–Trinajstić information content (AvgIpc) is 2.91. The maximum absolute atomic E-state index is 12.3. The minimum atomic E-state index is -0.931. The van der Waals surface area contributed by atoms with Crippen LogP contribution in [-0.4, -0.2) is 91.5 Å². The molecule has 0 radical (unpaired) electrons. The molecule has 1 atom stereocenters. The van der Waals surface area contributed by atoms with Crippen LogP contribution in [-0.2, 0) is 9.59 Å². The van der Waals surface area contributed by atoms with Crippen molar-refractivity contribution in [3.63, 3.8) is 0 Å². The molecule has 5 N–H and O–H groups in total. The smallest absolute Gasteiger partial charge is 0.251 e. The lowest BCUT2D eigenvalue weighted by molar-refractivity contribution is -0.123. The molecule has 1 aliphatic rings. The van der Waals surface area contributed by atoms with Crippen LogP contribution in [0.2, 0.25) is 0 Å². The molecule has 0 aromatic heterocycles. The van der Waals surface area contributed by atoms with Crippen LogP contribution in [0.4, 0.5) is 5.69 Å². The van der Waals surface area contributed by atoms with E-state index >= 15 is 0 Å². The SMILES string of the molecule is CN1CCN(CC(=O)Nc2ccc(C#CC#Cc3ccc(C(=O)N[C@@H](CN)C(=O)CO)cc3)cc2)CC1. The summed E-state index contributed by atoms with van der Waals surface area (Å²) in [6, 6.07) is 12.9. The van der Waals surface area contributed by atoms with E-state index in [4.69, 9.17) is 10.8 Å². The third-order valence-corrected chi connectivity index (χ3v) is 5.84. The van der Waals surface area contributed by atoms with Gasteiger partial charge in [-0.3, -0.25) is 19.3 Å². The lowest BCUT2D eigenvalue weighted by Gasteiger charge is -2.31. The summed E-state index contributed by atoms with van der Waals surface area (Å²) in [5, 5.41) is 14.3. The second kappa shape index (κ2) is 13.9. The Morgan fingerprint density at radius 3 is 2.05 bits per heavy atom. The van der Waals surface area contributed by atoms with E-state index in [0.717, 1.165) is 37.4 Å². The standard InChI is InChI=1S/C28H31N5O4/c1-32-14-16-33(17-15-32)19-27(36)30-24-12-8-22(9-13-24)5-3-2-4-21-6-10-23(11-7-21)28(37)31-25(18-29)26(35)20-34/h6-13,25,34H,14-20,29H2,1H3,(H,30,36)(H,31,37)/t25-/m0/s1. The highest BCUT2D eigenvalue weighted by molar-refractivity contribution is 5.98. The number of nitrogens with one attached hydrogen (secondary N) is 2. The van der Waals surface area contributed by atoms with Crippen LogP contribution >= 0.6 is 0 Å². The van der Waals surface area contributed by atoms with Crippen LogP contribution in [0.15, 0.2) is 48.5 Å². The van der Waals surface area contributed by atoms with Crippen molar-refractivity contribution in [1.82, 2.24) is 15.1 Å². The molecule has 2 aromatic rings. The van der Waals surface area contributed by atoms with Crippen molar-refractivity contribution in [2.75, 3.05) is 58.2 Å². The molecular formula is C28H31N5O4. The molecule has 1 saturated heterocycles. The van der Waals surface area contributed by atoms with E-state index in [1.54, 1.807) is 24.3 Å². The van der Waals surface area contributed by atoms with Crippen molar-refractivity contribution >= 4 is 23.3 Å². The van der Waals surface area contributed by atoms with E-state index in [1.165, 1.54) is 0 Å². The van der Waals surface area contributed by atoms with Gasteiger partial charge < -0.3 is 26.4 Å². The Morgan fingerprint density at radius 1 is 0.946 bits per heavy atom. The summed E-state index contributed by atoms with van der Waals surface area (Å²) in [6.45, 7) is 3.32. The summed E-state index contributed by atoms with van der Waals surface area (Å²) in [5.41, 5.74) is 7.98. The van der Waals surface area contributed by atoms with E-state index in [-0.39, 0.29) is 12.5 Å². The Balaban J connectivity index is 1.49. The van der Waals surface area contributed by atoms with Gasteiger partial charge in [0.25, 0.3) is 5.91 Å². The first kappa shape index (κ1) is 27.6. The molecule has 0 unspecified atom stereocenters. The van der Waals surface area contributed by atoms with E-state index < -0.39 is 24.3 Å². The second-order valence-electron chi connectivity index (χ2n) is 8.67. The number of rotatable bonds is 8. The number of piperazine rings is 1. The average molecular weight is 502 g/mol. The van der Waals surface area contributed by atoms with E-state index in [2.05, 4.69) is 51.2 Å². The van der Waals surface area contributed by atoms with Gasteiger partial charge in [-0.05, 0) is 67.4 Å². The molecule has 0 spiro atoms. The van der Waals surface area contributed by atoms with E-state index in [1.807, 2.05) is 24.3 Å². The van der Waals surface area contributed by atoms with Gasteiger partial charge in [0, 0.05) is 55.1 Å². The lowest BCUT2D eigenvalue weighted by Crippen LogP contribution is -2.47.